The second kappa shape index (κ2) is 7.45. The maximum absolute atomic E-state index is 12.0. The Labute approximate surface area is 155 Å². The number of likely N-dealkylation sites (tertiary alicyclic amines) is 1. The number of aryl methyl sites for hydroxylation is 1. The number of carbonyl (C=O) groups is 3. The van der Waals surface area contributed by atoms with Crippen molar-refractivity contribution in [2.45, 2.75) is 31.3 Å². The Morgan fingerprint density at radius 1 is 1.37 bits per heavy atom. The number of nitrogens with zero attached hydrogens (tertiary/aromatic N) is 1. The standard InChI is InChI=1S/C16H20BN3O7/c18-10(15(19)22)5-12(21)20-6-9(7-20)26-11-2-1-8-3-4-17(25)27-14(8)13(11)16(23)24/h1-2,9-10,25H,3-7,18H2,(H2,19,22)(H,23,24). The van der Waals surface area contributed by atoms with Gasteiger partial charge in [-0.3, -0.25) is 9.59 Å². The van der Waals surface area contributed by atoms with E-state index in [-0.39, 0.29) is 42.5 Å². The van der Waals surface area contributed by atoms with Gasteiger partial charge in [0.05, 0.1) is 25.6 Å². The van der Waals surface area contributed by atoms with Crippen molar-refractivity contribution < 1.29 is 33.9 Å². The van der Waals surface area contributed by atoms with E-state index in [0.717, 1.165) is 0 Å². The van der Waals surface area contributed by atoms with E-state index in [4.69, 9.17) is 20.9 Å². The monoisotopic (exact) mass is 377 g/mol. The molecule has 2 heterocycles. The van der Waals surface area contributed by atoms with Gasteiger partial charge in [0.2, 0.25) is 11.8 Å². The number of benzene rings is 1. The Kier molecular flexibility index (Phi) is 5.24. The van der Waals surface area contributed by atoms with Gasteiger partial charge in [0.25, 0.3) is 0 Å². The summed E-state index contributed by atoms with van der Waals surface area (Å²) in [5.41, 5.74) is 11.1. The number of hydrogen-bond acceptors (Lipinski definition) is 7. The molecule has 1 fully saturated rings. The Balaban J connectivity index is 1.66. The predicted molar refractivity (Wildman–Crippen MR) is 93.3 cm³/mol. The molecule has 10 nitrogen and oxygen atoms in total. The minimum Gasteiger partial charge on any atom is -0.535 e. The summed E-state index contributed by atoms with van der Waals surface area (Å²) in [6.07, 6.45) is 0.304. The highest BCUT2D eigenvalue weighted by atomic mass is 16.5. The van der Waals surface area contributed by atoms with Crippen LogP contribution in [-0.2, 0) is 16.0 Å². The zero-order chi connectivity index (χ0) is 19.7. The molecule has 0 aromatic heterocycles. The third-order valence-corrected chi connectivity index (χ3v) is 4.58. The first-order valence-corrected chi connectivity index (χ1v) is 8.49. The van der Waals surface area contributed by atoms with Gasteiger partial charge in [-0.25, -0.2) is 4.79 Å². The molecule has 1 atom stereocenters. The fourth-order valence-corrected chi connectivity index (χ4v) is 3.03. The van der Waals surface area contributed by atoms with Crippen LogP contribution in [0.4, 0.5) is 0 Å². The van der Waals surface area contributed by atoms with Crippen LogP contribution in [0.2, 0.25) is 6.32 Å². The van der Waals surface area contributed by atoms with Gasteiger partial charge >= 0.3 is 13.1 Å². The summed E-state index contributed by atoms with van der Waals surface area (Å²) >= 11 is 0. The SMILES string of the molecule is NC(=O)C(N)CC(=O)N1CC(Oc2ccc3c(c2C(=O)O)OB(O)CC3)C1. The second-order valence-electron chi connectivity index (χ2n) is 6.59. The first-order valence-electron chi connectivity index (χ1n) is 8.49. The number of amides is 2. The second-order valence-corrected chi connectivity index (χ2v) is 6.59. The lowest BCUT2D eigenvalue weighted by atomic mass is 9.78. The smallest absolute Gasteiger partial charge is 0.522 e. The van der Waals surface area contributed by atoms with Crippen molar-refractivity contribution >= 4 is 24.9 Å². The molecule has 0 spiro atoms. The molecule has 0 aliphatic carbocycles. The van der Waals surface area contributed by atoms with Crippen LogP contribution in [-0.4, -0.2) is 65.2 Å². The van der Waals surface area contributed by atoms with E-state index in [9.17, 15) is 24.5 Å². The molecule has 1 saturated heterocycles. The minimum absolute atomic E-state index is 0.110. The van der Waals surface area contributed by atoms with Crippen molar-refractivity contribution in [3.8, 4) is 11.5 Å². The molecule has 0 radical (unpaired) electrons. The number of aromatic carboxylic acids is 1. The van der Waals surface area contributed by atoms with Gasteiger partial charge in [0, 0.05) is 0 Å². The number of carbonyl (C=O) groups excluding carboxylic acids is 2. The van der Waals surface area contributed by atoms with E-state index in [1.165, 1.54) is 4.90 Å². The van der Waals surface area contributed by atoms with Gasteiger partial charge in [-0.15, -0.1) is 0 Å². The molecule has 11 heteroatoms. The van der Waals surface area contributed by atoms with Crippen LogP contribution in [0.15, 0.2) is 12.1 Å². The molecular formula is C16H20BN3O7. The Hall–Kier alpha value is -2.79. The first kappa shape index (κ1) is 19.0. The average molecular weight is 377 g/mol. The minimum atomic E-state index is -1.23. The topological polar surface area (TPSA) is 165 Å². The highest BCUT2D eigenvalue weighted by Gasteiger charge is 2.36. The van der Waals surface area contributed by atoms with Gasteiger partial charge < -0.3 is 35.9 Å². The molecule has 2 aliphatic rings. The number of carboxylic acid groups (broad SMARTS) is 1. The Morgan fingerprint density at radius 3 is 2.70 bits per heavy atom. The number of hydrogen-bond donors (Lipinski definition) is 4. The molecule has 0 bridgehead atoms. The highest BCUT2D eigenvalue weighted by Crippen LogP contribution is 2.37. The Morgan fingerprint density at radius 2 is 2.07 bits per heavy atom. The van der Waals surface area contributed by atoms with Gasteiger partial charge in [-0.05, 0) is 24.4 Å². The predicted octanol–water partition coefficient (Wildman–Crippen LogP) is -1.41. The average Bonchev–Trinajstić information content (AvgIpc) is 2.56. The molecule has 1 unspecified atom stereocenters. The van der Waals surface area contributed by atoms with Crippen LogP contribution >= 0.6 is 0 Å². The molecule has 0 saturated carbocycles. The van der Waals surface area contributed by atoms with E-state index >= 15 is 0 Å². The molecule has 27 heavy (non-hydrogen) atoms. The molecule has 144 valence electrons. The van der Waals surface area contributed by atoms with E-state index in [1.807, 2.05) is 0 Å². The third kappa shape index (κ3) is 3.98. The summed E-state index contributed by atoms with van der Waals surface area (Å²) in [4.78, 5) is 36.0. The molecule has 3 rings (SSSR count). The van der Waals surface area contributed by atoms with E-state index in [1.54, 1.807) is 12.1 Å². The number of primary amides is 1. The zero-order valence-electron chi connectivity index (χ0n) is 14.5. The summed E-state index contributed by atoms with van der Waals surface area (Å²) in [7, 11) is -1.06. The van der Waals surface area contributed by atoms with Crippen LogP contribution < -0.4 is 20.9 Å². The van der Waals surface area contributed by atoms with Gasteiger partial charge in [0.1, 0.15) is 23.2 Å². The molecule has 6 N–H and O–H groups in total. The summed E-state index contributed by atoms with van der Waals surface area (Å²) in [5, 5.41) is 19.2. The van der Waals surface area contributed by atoms with Gasteiger partial charge in [0.15, 0.2) is 0 Å². The summed E-state index contributed by atoms with van der Waals surface area (Å²) in [6, 6.07) is 2.22. The summed E-state index contributed by atoms with van der Waals surface area (Å²) in [6.45, 7) is 0.480. The van der Waals surface area contributed by atoms with E-state index in [0.29, 0.717) is 18.3 Å². The summed E-state index contributed by atoms with van der Waals surface area (Å²) < 4.78 is 11.0. The number of fused-ring (bicyclic) bond motifs is 1. The number of ether oxygens (including phenoxy) is 1. The quantitative estimate of drug-likeness (QED) is 0.439. The maximum atomic E-state index is 12.0. The van der Waals surface area contributed by atoms with E-state index < -0.39 is 31.1 Å². The van der Waals surface area contributed by atoms with Gasteiger partial charge in [-0.2, -0.15) is 0 Å². The van der Waals surface area contributed by atoms with Crippen LogP contribution in [0.3, 0.4) is 0 Å². The first-order chi connectivity index (χ1) is 12.8. The fourth-order valence-electron chi connectivity index (χ4n) is 3.03. The zero-order valence-corrected chi connectivity index (χ0v) is 14.5. The maximum Gasteiger partial charge on any atom is 0.522 e. The lowest BCUT2D eigenvalue weighted by Crippen LogP contribution is -2.57. The van der Waals surface area contributed by atoms with Crippen molar-refractivity contribution in [3.05, 3.63) is 23.3 Å². The molecule has 1 aromatic carbocycles. The highest BCUT2D eigenvalue weighted by molar-refractivity contribution is 6.44. The number of carboxylic acids is 1. The summed E-state index contributed by atoms with van der Waals surface area (Å²) in [5.74, 6) is -2.08. The number of rotatable bonds is 6. The lowest BCUT2D eigenvalue weighted by molar-refractivity contribution is -0.141. The third-order valence-electron chi connectivity index (χ3n) is 4.58. The van der Waals surface area contributed by atoms with Crippen LogP contribution in [0, 0.1) is 0 Å². The Bertz CT molecular complexity index is 782. The van der Waals surface area contributed by atoms with Crippen molar-refractivity contribution in [1.29, 1.82) is 0 Å². The van der Waals surface area contributed by atoms with E-state index in [2.05, 4.69) is 0 Å². The van der Waals surface area contributed by atoms with Crippen molar-refractivity contribution in [2.75, 3.05) is 13.1 Å². The largest absolute Gasteiger partial charge is 0.535 e. The molecule has 2 amide bonds. The van der Waals surface area contributed by atoms with Crippen molar-refractivity contribution in [1.82, 2.24) is 4.90 Å². The van der Waals surface area contributed by atoms with Crippen LogP contribution in [0.5, 0.6) is 11.5 Å². The van der Waals surface area contributed by atoms with Gasteiger partial charge in [-0.1, -0.05) is 6.07 Å². The number of nitrogens with two attached hydrogens (primary N) is 2. The molecular weight excluding hydrogens is 357 g/mol. The van der Waals surface area contributed by atoms with Crippen molar-refractivity contribution in [3.63, 3.8) is 0 Å². The fraction of sp³-hybridized carbons (Fsp3) is 0.438. The normalized spacial score (nSPS) is 17.4. The van der Waals surface area contributed by atoms with Crippen molar-refractivity contribution in [2.24, 2.45) is 11.5 Å². The molecule has 1 aromatic rings. The van der Waals surface area contributed by atoms with Crippen LogP contribution in [0.25, 0.3) is 0 Å². The molecule has 2 aliphatic heterocycles. The van der Waals surface area contributed by atoms with Crippen LogP contribution in [0.1, 0.15) is 22.3 Å². The lowest BCUT2D eigenvalue weighted by Gasteiger charge is -2.39.